The summed E-state index contributed by atoms with van der Waals surface area (Å²) in [4.78, 5) is 10.9. The van der Waals surface area contributed by atoms with Crippen LogP contribution in [0.4, 0.5) is 0 Å². The van der Waals surface area contributed by atoms with Gasteiger partial charge in [-0.2, -0.15) is 0 Å². The van der Waals surface area contributed by atoms with E-state index in [1.807, 2.05) is 39.0 Å². The summed E-state index contributed by atoms with van der Waals surface area (Å²) in [6.45, 7) is 10.0. The minimum Gasteiger partial charge on any atom is -0.501 e. The van der Waals surface area contributed by atoms with Crippen molar-refractivity contribution in [3.63, 3.8) is 0 Å². The zero-order valence-electron chi connectivity index (χ0n) is 10.2. The highest BCUT2D eigenvalue weighted by Crippen LogP contribution is 2.16. The highest BCUT2D eigenvalue weighted by Gasteiger charge is 2.20. The molecule has 0 N–H and O–H groups in total. The molecular weight excluding hydrogens is 204 g/mol. The largest absolute Gasteiger partial charge is 0.501 e. The van der Waals surface area contributed by atoms with Gasteiger partial charge in [-0.15, -0.1) is 0 Å². The molecule has 3 heteroatoms. The molecule has 0 spiro atoms. The number of hydrogen-bond acceptors (Lipinski definition) is 3. The van der Waals surface area contributed by atoms with Gasteiger partial charge in [-0.3, -0.25) is 0 Å². The van der Waals surface area contributed by atoms with E-state index in [-0.39, 0.29) is 5.41 Å². The molecule has 0 unspecified atom stereocenters. The van der Waals surface area contributed by atoms with Gasteiger partial charge in [0.25, 0.3) is 0 Å². The fraction of sp³-hybridized carbons (Fsp3) is 0.462. The Kier molecular flexibility index (Phi) is 7.01. The average molecular weight is 224 g/mol. The smallest absolute Gasteiger partial charge is 0.330 e. The van der Waals surface area contributed by atoms with Crippen LogP contribution in [0.3, 0.4) is 0 Å². The fourth-order valence-electron chi connectivity index (χ4n) is 0.853. The summed E-state index contributed by atoms with van der Waals surface area (Å²) in [6, 6.07) is 0. The van der Waals surface area contributed by atoms with Gasteiger partial charge in [0.2, 0.25) is 0 Å². The van der Waals surface area contributed by atoms with Crippen LogP contribution in [-0.2, 0) is 14.3 Å². The minimum atomic E-state index is -0.405. The van der Waals surface area contributed by atoms with Gasteiger partial charge in [0, 0.05) is 11.5 Å². The van der Waals surface area contributed by atoms with Crippen molar-refractivity contribution >= 4 is 5.97 Å². The highest BCUT2D eigenvalue weighted by atomic mass is 16.5. The summed E-state index contributed by atoms with van der Waals surface area (Å²) in [7, 11) is 0. The Hall–Kier alpha value is -1.51. The Balaban J connectivity index is 3.86. The third kappa shape index (κ3) is 7.85. The van der Waals surface area contributed by atoms with Crippen LogP contribution in [0.25, 0.3) is 0 Å². The van der Waals surface area contributed by atoms with Gasteiger partial charge >= 0.3 is 5.97 Å². The summed E-state index contributed by atoms with van der Waals surface area (Å²) in [5.74, 6) is -0.405. The van der Waals surface area contributed by atoms with E-state index in [0.717, 1.165) is 6.08 Å². The average Bonchev–Trinajstić information content (AvgIpc) is 2.25. The first-order chi connectivity index (χ1) is 7.52. The summed E-state index contributed by atoms with van der Waals surface area (Å²) in [5, 5.41) is 0. The van der Waals surface area contributed by atoms with E-state index in [9.17, 15) is 4.79 Å². The summed E-state index contributed by atoms with van der Waals surface area (Å²) >= 11 is 0. The molecule has 0 saturated carbocycles. The van der Waals surface area contributed by atoms with Gasteiger partial charge in [-0.1, -0.05) is 32.6 Å². The van der Waals surface area contributed by atoms with Crippen molar-refractivity contribution in [3.8, 4) is 0 Å². The molecule has 0 radical (unpaired) electrons. The summed E-state index contributed by atoms with van der Waals surface area (Å²) in [5.41, 5.74) is -0.209. The molecule has 0 rings (SSSR count). The first kappa shape index (κ1) is 14.5. The predicted octanol–water partition coefficient (Wildman–Crippen LogP) is 2.85. The maximum atomic E-state index is 10.9. The lowest BCUT2D eigenvalue weighted by Crippen LogP contribution is -2.25. The molecule has 90 valence electrons. The fourth-order valence-corrected chi connectivity index (χ4v) is 0.853. The first-order valence-electron chi connectivity index (χ1n) is 5.20. The zero-order valence-corrected chi connectivity index (χ0v) is 10.2. The van der Waals surface area contributed by atoms with E-state index in [0.29, 0.717) is 13.2 Å². The molecule has 0 aliphatic heterocycles. The van der Waals surface area contributed by atoms with Crippen LogP contribution in [-0.4, -0.2) is 19.2 Å². The standard InChI is InChI=1S/C13H20O3/c1-5-7-8-9-15-10-13(3,4)11-16-12(14)6-2/h5-9H,2,10-11H2,1,3-4H3/b7-5-,9-8+. The highest BCUT2D eigenvalue weighted by molar-refractivity contribution is 5.81. The van der Waals surface area contributed by atoms with E-state index in [1.165, 1.54) is 0 Å². The van der Waals surface area contributed by atoms with Crippen LogP contribution in [0.1, 0.15) is 20.8 Å². The number of esters is 1. The molecule has 0 aromatic rings. The molecule has 0 aromatic heterocycles. The lowest BCUT2D eigenvalue weighted by Gasteiger charge is -2.22. The van der Waals surface area contributed by atoms with Crippen molar-refractivity contribution in [3.05, 3.63) is 37.1 Å². The molecule has 0 atom stereocenters. The van der Waals surface area contributed by atoms with E-state index >= 15 is 0 Å². The second-order valence-corrected chi connectivity index (χ2v) is 4.14. The van der Waals surface area contributed by atoms with E-state index < -0.39 is 5.97 Å². The van der Waals surface area contributed by atoms with Gasteiger partial charge in [0.1, 0.15) is 0 Å². The Morgan fingerprint density at radius 3 is 2.56 bits per heavy atom. The third-order valence-corrected chi connectivity index (χ3v) is 1.72. The molecule has 0 aliphatic carbocycles. The molecule has 16 heavy (non-hydrogen) atoms. The summed E-state index contributed by atoms with van der Waals surface area (Å²) < 4.78 is 10.3. The normalized spacial score (nSPS) is 11.9. The maximum Gasteiger partial charge on any atom is 0.330 e. The number of hydrogen-bond donors (Lipinski definition) is 0. The van der Waals surface area contributed by atoms with Gasteiger partial charge in [0.15, 0.2) is 0 Å². The zero-order chi connectivity index (χ0) is 12.4. The number of ether oxygens (including phenoxy) is 2. The Morgan fingerprint density at radius 2 is 2.00 bits per heavy atom. The number of carbonyl (C=O) groups excluding carboxylic acids is 1. The molecule has 0 heterocycles. The van der Waals surface area contributed by atoms with Crippen LogP contribution < -0.4 is 0 Å². The van der Waals surface area contributed by atoms with Crippen molar-refractivity contribution in [2.24, 2.45) is 5.41 Å². The minimum absolute atomic E-state index is 0.209. The van der Waals surface area contributed by atoms with Gasteiger partial charge in [0.05, 0.1) is 19.5 Å². The van der Waals surface area contributed by atoms with E-state index in [4.69, 9.17) is 9.47 Å². The topological polar surface area (TPSA) is 35.5 Å². The Bertz CT molecular complexity index is 275. The SMILES string of the molecule is C=CC(=O)OCC(C)(C)CO/C=C/C=C\C. The third-order valence-electron chi connectivity index (χ3n) is 1.72. The lowest BCUT2D eigenvalue weighted by atomic mass is 9.96. The van der Waals surface area contributed by atoms with Gasteiger partial charge < -0.3 is 9.47 Å². The molecule has 0 fully saturated rings. The Labute approximate surface area is 97.4 Å². The second kappa shape index (κ2) is 7.74. The van der Waals surface area contributed by atoms with Crippen molar-refractivity contribution < 1.29 is 14.3 Å². The monoisotopic (exact) mass is 224 g/mol. The quantitative estimate of drug-likeness (QED) is 0.289. The maximum absolute atomic E-state index is 10.9. The summed E-state index contributed by atoms with van der Waals surface area (Å²) in [6.07, 6.45) is 8.38. The van der Waals surface area contributed by atoms with E-state index in [2.05, 4.69) is 6.58 Å². The number of rotatable bonds is 7. The predicted molar refractivity (Wildman–Crippen MR) is 64.8 cm³/mol. The number of carbonyl (C=O) groups is 1. The molecular formula is C13H20O3. The van der Waals surface area contributed by atoms with Crippen molar-refractivity contribution in [2.75, 3.05) is 13.2 Å². The first-order valence-corrected chi connectivity index (χ1v) is 5.20. The van der Waals surface area contributed by atoms with Crippen molar-refractivity contribution in [1.29, 1.82) is 0 Å². The van der Waals surface area contributed by atoms with Crippen molar-refractivity contribution in [1.82, 2.24) is 0 Å². The van der Waals surface area contributed by atoms with Crippen LogP contribution in [0.2, 0.25) is 0 Å². The molecule has 3 nitrogen and oxygen atoms in total. The lowest BCUT2D eigenvalue weighted by molar-refractivity contribution is -0.141. The van der Waals surface area contributed by atoms with Crippen LogP contribution >= 0.6 is 0 Å². The van der Waals surface area contributed by atoms with E-state index in [1.54, 1.807) is 6.26 Å². The molecule has 0 aromatic carbocycles. The molecule has 0 bridgehead atoms. The van der Waals surface area contributed by atoms with Crippen LogP contribution in [0, 0.1) is 5.41 Å². The number of allylic oxidation sites excluding steroid dienone is 3. The molecule has 0 saturated heterocycles. The van der Waals surface area contributed by atoms with Gasteiger partial charge in [-0.25, -0.2) is 4.79 Å². The van der Waals surface area contributed by atoms with Crippen molar-refractivity contribution in [2.45, 2.75) is 20.8 Å². The van der Waals surface area contributed by atoms with Crippen LogP contribution in [0.15, 0.2) is 37.1 Å². The van der Waals surface area contributed by atoms with Crippen LogP contribution in [0.5, 0.6) is 0 Å². The van der Waals surface area contributed by atoms with Gasteiger partial charge in [-0.05, 0) is 13.0 Å². The molecule has 0 aliphatic rings. The second-order valence-electron chi connectivity index (χ2n) is 4.14. The Morgan fingerprint density at radius 1 is 1.31 bits per heavy atom. The molecule has 0 amide bonds.